The van der Waals surface area contributed by atoms with Crippen LogP contribution in [0, 0.1) is 17.8 Å². The maximum absolute atomic E-state index is 13.5. The van der Waals surface area contributed by atoms with Gasteiger partial charge in [0.2, 0.25) is 0 Å². The Hall–Kier alpha value is -2.37. The van der Waals surface area contributed by atoms with E-state index < -0.39 is 0 Å². The first kappa shape index (κ1) is 29.6. The third kappa shape index (κ3) is 7.64. The second kappa shape index (κ2) is 14.3. The van der Waals surface area contributed by atoms with Crippen LogP contribution in [0.5, 0.6) is 0 Å². The van der Waals surface area contributed by atoms with Crippen molar-refractivity contribution in [2.75, 3.05) is 0 Å². The number of nitrogens with one attached hydrogen (secondary N) is 3. The molecule has 3 saturated carbocycles. The lowest BCUT2D eigenvalue weighted by Gasteiger charge is -2.32. The molecule has 0 aliphatic heterocycles. The molecule has 0 aromatic heterocycles. The summed E-state index contributed by atoms with van der Waals surface area (Å²) in [5.41, 5.74) is 1.21. The number of benzene rings is 1. The van der Waals surface area contributed by atoms with Crippen molar-refractivity contribution in [3.8, 4) is 0 Å². The van der Waals surface area contributed by atoms with Gasteiger partial charge >= 0.3 is 0 Å². The molecule has 6 unspecified atom stereocenters. The third-order valence-electron chi connectivity index (χ3n) is 9.97. The molecule has 1 aromatic carbocycles. The average molecular weight is 538 g/mol. The van der Waals surface area contributed by atoms with Crippen LogP contribution in [0.25, 0.3) is 0 Å². The molecule has 3 N–H and O–H groups in total. The molecule has 3 aliphatic carbocycles. The van der Waals surface area contributed by atoms with Gasteiger partial charge in [0.25, 0.3) is 17.7 Å². The molecule has 216 valence electrons. The van der Waals surface area contributed by atoms with Gasteiger partial charge in [-0.2, -0.15) is 0 Å². The molecule has 6 nitrogen and oxygen atoms in total. The third-order valence-corrected chi connectivity index (χ3v) is 9.97. The summed E-state index contributed by atoms with van der Waals surface area (Å²) in [7, 11) is 0. The molecule has 3 amide bonds. The predicted molar refractivity (Wildman–Crippen MR) is 157 cm³/mol. The second-order valence-corrected chi connectivity index (χ2v) is 12.4. The van der Waals surface area contributed by atoms with Gasteiger partial charge in [0.15, 0.2) is 0 Å². The number of amides is 3. The van der Waals surface area contributed by atoms with Gasteiger partial charge in [-0.05, 0) is 74.5 Å². The van der Waals surface area contributed by atoms with Crippen LogP contribution >= 0.6 is 0 Å². The van der Waals surface area contributed by atoms with E-state index in [1.165, 1.54) is 19.3 Å². The van der Waals surface area contributed by atoms with E-state index in [-0.39, 0.29) is 35.8 Å². The molecule has 6 heteroatoms. The monoisotopic (exact) mass is 537 g/mol. The molecule has 0 spiro atoms. The lowest BCUT2D eigenvalue weighted by atomic mass is 9.82. The fourth-order valence-electron chi connectivity index (χ4n) is 7.44. The van der Waals surface area contributed by atoms with Gasteiger partial charge in [-0.15, -0.1) is 0 Å². The van der Waals surface area contributed by atoms with E-state index in [1.54, 1.807) is 18.2 Å². The smallest absolute Gasteiger partial charge is 0.251 e. The SMILES string of the molecule is CCC1CCCCC1NC(=O)c1cc(C(=O)NC2CCCCC2CC)cc(C(=O)NC2CCCCC2CC)c1. The number of hydrogen-bond acceptors (Lipinski definition) is 3. The van der Waals surface area contributed by atoms with Crippen LogP contribution in [0.2, 0.25) is 0 Å². The summed E-state index contributed by atoms with van der Waals surface area (Å²) in [6.45, 7) is 6.56. The van der Waals surface area contributed by atoms with Gasteiger partial charge in [-0.3, -0.25) is 14.4 Å². The average Bonchev–Trinajstić information content (AvgIpc) is 2.97. The van der Waals surface area contributed by atoms with Crippen molar-refractivity contribution in [2.24, 2.45) is 17.8 Å². The molecule has 0 saturated heterocycles. The Kier molecular flexibility index (Phi) is 10.9. The van der Waals surface area contributed by atoms with Gasteiger partial charge < -0.3 is 16.0 Å². The van der Waals surface area contributed by atoms with Gasteiger partial charge in [0.05, 0.1) is 0 Å². The quantitative estimate of drug-likeness (QED) is 0.324. The molecule has 0 heterocycles. The van der Waals surface area contributed by atoms with Crippen LogP contribution in [0.15, 0.2) is 18.2 Å². The first-order chi connectivity index (χ1) is 18.9. The van der Waals surface area contributed by atoms with Crippen LogP contribution < -0.4 is 16.0 Å². The van der Waals surface area contributed by atoms with Crippen LogP contribution in [0.1, 0.15) is 148 Å². The van der Waals surface area contributed by atoms with Gasteiger partial charge in [0, 0.05) is 34.8 Å². The van der Waals surface area contributed by atoms with E-state index in [4.69, 9.17) is 0 Å². The summed E-state index contributed by atoms with van der Waals surface area (Å²) in [6, 6.07) is 5.49. The van der Waals surface area contributed by atoms with Gasteiger partial charge in [-0.25, -0.2) is 0 Å². The highest BCUT2D eigenvalue weighted by Gasteiger charge is 2.29. The maximum atomic E-state index is 13.5. The molecule has 0 radical (unpaired) electrons. The Bertz CT molecular complexity index is 856. The van der Waals surface area contributed by atoms with Crippen LogP contribution in [-0.4, -0.2) is 35.8 Å². The second-order valence-electron chi connectivity index (χ2n) is 12.4. The highest BCUT2D eigenvalue weighted by molar-refractivity contribution is 6.04. The summed E-state index contributed by atoms with van der Waals surface area (Å²) in [6.07, 6.45) is 16.5. The zero-order chi connectivity index (χ0) is 27.8. The Labute approximate surface area is 235 Å². The van der Waals surface area contributed by atoms with Crippen LogP contribution in [0.3, 0.4) is 0 Å². The highest BCUT2D eigenvalue weighted by atomic mass is 16.2. The normalized spacial score (nSPS) is 29.3. The topological polar surface area (TPSA) is 87.3 Å². The minimum atomic E-state index is -0.183. The summed E-state index contributed by atoms with van der Waals surface area (Å²) < 4.78 is 0. The Balaban J connectivity index is 1.57. The van der Waals surface area contributed by atoms with Crippen molar-refractivity contribution in [3.05, 3.63) is 34.9 Å². The minimum absolute atomic E-state index is 0.145. The molecule has 4 rings (SSSR count). The molecular formula is C33H51N3O3. The van der Waals surface area contributed by atoms with E-state index in [2.05, 4.69) is 36.7 Å². The maximum Gasteiger partial charge on any atom is 0.251 e. The summed E-state index contributed by atoms with van der Waals surface area (Å²) in [4.78, 5) is 40.6. The first-order valence-electron chi connectivity index (χ1n) is 16.0. The molecule has 6 atom stereocenters. The van der Waals surface area contributed by atoms with Gasteiger partial charge in [0.1, 0.15) is 0 Å². The molecule has 3 fully saturated rings. The first-order valence-corrected chi connectivity index (χ1v) is 16.0. The van der Waals surface area contributed by atoms with Crippen molar-refractivity contribution >= 4 is 17.7 Å². The van der Waals surface area contributed by atoms with Crippen LogP contribution in [0.4, 0.5) is 0 Å². The van der Waals surface area contributed by atoms with E-state index in [9.17, 15) is 14.4 Å². The number of carbonyl (C=O) groups excluding carboxylic acids is 3. The molecular weight excluding hydrogens is 486 g/mol. The standard InChI is InChI=1S/C33H51N3O3/c1-4-22-13-7-10-16-28(22)34-31(37)25-19-26(32(38)35-29-17-11-8-14-23(29)5-2)21-27(20-25)33(39)36-30-18-12-9-15-24(30)6-3/h19-24,28-30H,4-18H2,1-3H3,(H,34,37)(H,35,38)(H,36,39). The van der Waals surface area contributed by atoms with E-state index in [0.717, 1.165) is 77.0 Å². The largest absolute Gasteiger partial charge is 0.349 e. The fourth-order valence-corrected chi connectivity index (χ4v) is 7.44. The number of rotatable bonds is 9. The van der Waals surface area contributed by atoms with E-state index >= 15 is 0 Å². The van der Waals surface area contributed by atoms with Crippen LogP contribution in [-0.2, 0) is 0 Å². The number of carbonyl (C=O) groups is 3. The zero-order valence-electron chi connectivity index (χ0n) is 24.5. The predicted octanol–water partition coefficient (Wildman–Crippen LogP) is 6.78. The molecule has 39 heavy (non-hydrogen) atoms. The van der Waals surface area contributed by atoms with Crippen molar-refractivity contribution in [2.45, 2.75) is 135 Å². The summed E-state index contributed by atoms with van der Waals surface area (Å²) in [5, 5.41) is 9.78. The highest BCUT2D eigenvalue weighted by Crippen LogP contribution is 2.29. The zero-order valence-corrected chi connectivity index (χ0v) is 24.5. The van der Waals surface area contributed by atoms with Gasteiger partial charge in [-0.1, -0.05) is 78.6 Å². The van der Waals surface area contributed by atoms with Crippen molar-refractivity contribution in [1.29, 1.82) is 0 Å². The Morgan fingerprint density at radius 2 is 0.769 bits per heavy atom. The lowest BCUT2D eigenvalue weighted by molar-refractivity contribution is 0.0904. The Morgan fingerprint density at radius 3 is 1.03 bits per heavy atom. The summed E-state index contributed by atoms with van der Waals surface area (Å²) in [5.74, 6) is 0.885. The molecule has 0 bridgehead atoms. The summed E-state index contributed by atoms with van der Waals surface area (Å²) >= 11 is 0. The van der Waals surface area contributed by atoms with E-state index in [1.807, 2.05) is 0 Å². The van der Waals surface area contributed by atoms with Crippen molar-refractivity contribution in [3.63, 3.8) is 0 Å². The number of hydrogen-bond donors (Lipinski definition) is 3. The molecule has 3 aliphatic rings. The Morgan fingerprint density at radius 1 is 0.513 bits per heavy atom. The van der Waals surface area contributed by atoms with E-state index in [0.29, 0.717) is 34.4 Å². The van der Waals surface area contributed by atoms with Crippen molar-refractivity contribution < 1.29 is 14.4 Å². The minimum Gasteiger partial charge on any atom is -0.349 e. The fraction of sp³-hybridized carbons (Fsp3) is 0.727. The van der Waals surface area contributed by atoms with Crippen molar-refractivity contribution in [1.82, 2.24) is 16.0 Å². The molecule has 1 aromatic rings. The lowest BCUT2D eigenvalue weighted by Crippen LogP contribution is -2.43.